The molecule has 11 aromatic rings. The van der Waals surface area contributed by atoms with Crippen LogP contribution in [0.4, 0.5) is 34.1 Å². The van der Waals surface area contributed by atoms with Crippen molar-refractivity contribution >= 4 is 50.5 Å². The van der Waals surface area contributed by atoms with Gasteiger partial charge in [0.1, 0.15) is 0 Å². The molecule has 0 aromatic heterocycles. The van der Waals surface area contributed by atoms with E-state index in [0.29, 0.717) is 0 Å². The minimum Gasteiger partial charge on any atom is -0.310 e. The maximum absolute atomic E-state index is 4.50. The van der Waals surface area contributed by atoms with Crippen molar-refractivity contribution in [2.24, 2.45) is 0 Å². The molecule has 2 heteroatoms. The van der Waals surface area contributed by atoms with Crippen LogP contribution >= 0.6 is 0 Å². The predicted molar refractivity (Wildman–Crippen MR) is 314 cm³/mol. The number of hydrogen-bond donors (Lipinski definition) is 0. The lowest BCUT2D eigenvalue weighted by Crippen LogP contribution is -2.29. The molecule has 0 N–H and O–H groups in total. The minimum atomic E-state index is -0.593. The van der Waals surface area contributed by atoms with Crippen molar-refractivity contribution in [3.05, 3.63) is 342 Å². The molecule has 1 spiro atoms. The van der Waals surface area contributed by atoms with Crippen LogP contribution in [0.5, 0.6) is 0 Å². The first-order valence-corrected chi connectivity index (χ1v) is 26.1. The minimum absolute atomic E-state index is 0.548. The summed E-state index contributed by atoms with van der Waals surface area (Å²) in [5.41, 5.74) is 23.0. The van der Waals surface area contributed by atoms with E-state index >= 15 is 0 Å². The summed E-state index contributed by atoms with van der Waals surface area (Å²) in [6.45, 7) is 6.61. The van der Waals surface area contributed by atoms with Crippen molar-refractivity contribution in [2.75, 3.05) is 9.80 Å². The van der Waals surface area contributed by atoms with Crippen LogP contribution in [0.3, 0.4) is 0 Å². The third kappa shape index (κ3) is 6.39. The third-order valence-corrected chi connectivity index (χ3v) is 16.2. The highest BCUT2D eigenvalue weighted by Gasteiger charge is 2.53. The summed E-state index contributed by atoms with van der Waals surface area (Å²) in [7, 11) is 0. The Labute approximate surface area is 439 Å². The molecule has 3 aliphatic carbocycles. The zero-order valence-corrected chi connectivity index (χ0v) is 41.7. The molecule has 0 fully saturated rings. The summed E-state index contributed by atoms with van der Waals surface area (Å²) in [5.74, 6) is 0. The molecule has 0 bridgehead atoms. The Kier molecular flexibility index (Phi) is 10.4. The highest BCUT2D eigenvalue weighted by Crippen LogP contribution is 2.66. The molecular weight excluding hydrogens is 905 g/mol. The highest BCUT2D eigenvalue weighted by molar-refractivity contribution is 6.12. The zero-order valence-electron chi connectivity index (χ0n) is 41.7. The van der Waals surface area contributed by atoms with Gasteiger partial charge in [0, 0.05) is 33.8 Å². The van der Waals surface area contributed by atoms with Gasteiger partial charge in [-0.3, -0.25) is 0 Å². The molecule has 11 aromatic carbocycles. The fourth-order valence-corrected chi connectivity index (χ4v) is 13.4. The number of fused-ring (bicyclic) bond motifs is 13. The molecular formula is C73H52N2. The van der Waals surface area contributed by atoms with Gasteiger partial charge in [-0.1, -0.05) is 225 Å². The first-order chi connectivity index (χ1) is 37.2. The van der Waals surface area contributed by atoms with Crippen molar-refractivity contribution in [1.82, 2.24) is 0 Å². The monoisotopic (exact) mass is 956 g/mol. The Balaban J connectivity index is 1.01. The van der Waals surface area contributed by atoms with Gasteiger partial charge in [-0.2, -0.15) is 0 Å². The topological polar surface area (TPSA) is 6.48 Å². The van der Waals surface area contributed by atoms with Crippen molar-refractivity contribution in [2.45, 2.75) is 17.8 Å². The number of para-hydroxylation sites is 3. The van der Waals surface area contributed by atoms with Crippen molar-refractivity contribution in [1.29, 1.82) is 0 Å². The van der Waals surface area contributed by atoms with E-state index in [1.165, 1.54) is 83.1 Å². The van der Waals surface area contributed by atoms with Gasteiger partial charge in [-0.15, -0.1) is 0 Å². The van der Waals surface area contributed by atoms with Gasteiger partial charge in [0.2, 0.25) is 0 Å². The average molecular weight is 957 g/mol. The number of hydrogen-bond acceptors (Lipinski definition) is 2. The molecule has 0 saturated carbocycles. The fourth-order valence-electron chi connectivity index (χ4n) is 13.4. The molecule has 0 amide bonds. The summed E-state index contributed by atoms with van der Waals surface area (Å²) in [4.78, 5) is 4.88. The number of allylic oxidation sites excluding steroid dienone is 5. The van der Waals surface area contributed by atoms with E-state index in [9.17, 15) is 0 Å². The molecule has 3 aliphatic rings. The van der Waals surface area contributed by atoms with E-state index in [2.05, 4.69) is 308 Å². The SMILES string of the molecule is C=CC1=C(/C=C\C)C(c2ccccc2)(c2ccccc2)c2ccc(N(c3ccccc3)c3ccc4c(c3)-c3ccccc3C43c4ccccc4-c4c3cc(N(c3ccccc3)c3ccccc3)c3ccccc43)cc21. The molecule has 354 valence electrons. The maximum atomic E-state index is 4.50. The number of nitrogens with zero attached hydrogens (tertiary/aromatic N) is 2. The summed E-state index contributed by atoms with van der Waals surface area (Å²) in [6.07, 6.45) is 6.53. The van der Waals surface area contributed by atoms with Crippen molar-refractivity contribution < 1.29 is 0 Å². The van der Waals surface area contributed by atoms with Crippen LogP contribution in [0, 0.1) is 0 Å². The van der Waals surface area contributed by atoms with E-state index in [1.807, 2.05) is 0 Å². The Morgan fingerprint density at radius 3 is 1.35 bits per heavy atom. The van der Waals surface area contributed by atoms with Crippen LogP contribution in [0.1, 0.15) is 51.4 Å². The van der Waals surface area contributed by atoms with Crippen LogP contribution in [0.2, 0.25) is 0 Å². The van der Waals surface area contributed by atoms with Gasteiger partial charge >= 0.3 is 0 Å². The largest absolute Gasteiger partial charge is 0.310 e. The molecule has 2 nitrogen and oxygen atoms in total. The predicted octanol–water partition coefficient (Wildman–Crippen LogP) is 19.0. The van der Waals surface area contributed by atoms with Crippen LogP contribution in [0.15, 0.2) is 297 Å². The Morgan fingerprint density at radius 1 is 0.347 bits per heavy atom. The second kappa shape index (κ2) is 17.6. The molecule has 0 heterocycles. The Hall–Kier alpha value is -9.50. The first kappa shape index (κ1) is 44.2. The van der Waals surface area contributed by atoms with E-state index in [-0.39, 0.29) is 0 Å². The molecule has 0 radical (unpaired) electrons. The van der Waals surface area contributed by atoms with Gasteiger partial charge < -0.3 is 9.80 Å². The van der Waals surface area contributed by atoms with Gasteiger partial charge in [0.05, 0.1) is 16.5 Å². The summed E-state index contributed by atoms with van der Waals surface area (Å²) >= 11 is 0. The van der Waals surface area contributed by atoms with Crippen LogP contribution in [0.25, 0.3) is 38.6 Å². The standard InChI is InChI=1S/C73H52N2/c1-3-26-64-57(4-2)62-47-55(43-45-67(62)72(64,50-27-10-5-11-28-50)51-29-12-6-13-30-51)74(52-31-14-7-15-32-52)56-44-46-68-63(48-56)58-37-22-24-41-65(58)73(68)66-42-25-23-40-61(66)71-60-39-21-20-38-59(60)70(49-69(71)73)75(53-33-16-8-17-34-53)54-35-18-9-19-36-54/h3-49H,2H2,1H3/b26-3-. The molecule has 1 unspecified atom stereocenters. The molecule has 0 saturated heterocycles. The lowest BCUT2D eigenvalue weighted by atomic mass is 9.66. The van der Waals surface area contributed by atoms with Gasteiger partial charge in [-0.05, 0) is 157 Å². The normalized spacial score (nSPS) is 15.4. The second-order valence-electron chi connectivity index (χ2n) is 19.9. The van der Waals surface area contributed by atoms with Gasteiger partial charge in [0.15, 0.2) is 0 Å². The van der Waals surface area contributed by atoms with Crippen molar-refractivity contribution in [3.8, 4) is 22.3 Å². The summed E-state index contributed by atoms with van der Waals surface area (Å²) < 4.78 is 0. The van der Waals surface area contributed by atoms with E-state index in [1.54, 1.807) is 0 Å². The van der Waals surface area contributed by atoms with E-state index in [4.69, 9.17) is 0 Å². The lowest BCUT2D eigenvalue weighted by molar-refractivity contribution is 0.761. The maximum Gasteiger partial charge on any atom is 0.0726 e. The quantitative estimate of drug-likeness (QED) is 0.135. The Morgan fingerprint density at radius 2 is 0.787 bits per heavy atom. The number of benzene rings is 11. The van der Waals surface area contributed by atoms with Gasteiger partial charge in [0.25, 0.3) is 0 Å². The zero-order chi connectivity index (χ0) is 50.1. The number of anilines is 6. The molecule has 0 aliphatic heterocycles. The average Bonchev–Trinajstić information content (AvgIpc) is 4.28. The molecule has 75 heavy (non-hydrogen) atoms. The second-order valence-corrected chi connectivity index (χ2v) is 19.9. The summed E-state index contributed by atoms with van der Waals surface area (Å²) in [6, 6.07) is 98.7. The van der Waals surface area contributed by atoms with Crippen LogP contribution in [-0.4, -0.2) is 0 Å². The molecule has 1 atom stereocenters. The van der Waals surface area contributed by atoms with Gasteiger partial charge in [-0.25, -0.2) is 0 Å². The van der Waals surface area contributed by atoms with E-state index in [0.717, 1.165) is 39.7 Å². The third-order valence-electron chi connectivity index (χ3n) is 16.2. The fraction of sp³-hybridized carbons (Fsp3) is 0.0411. The lowest BCUT2D eigenvalue weighted by Gasteiger charge is -2.35. The summed E-state index contributed by atoms with van der Waals surface area (Å²) in [5, 5.41) is 2.46. The highest BCUT2D eigenvalue weighted by atomic mass is 15.1. The molecule has 14 rings (SSSR count). The smallest absolute Gasteiger partial charge is 0.0726 e. The van der Waals surface area contributed by atoms with E-state index < -0.39 is 10.8 Å². The number of rotatable bonds is 10. The van der Waals surface area contributed by atoms with Crippen LogP contribution in [-0.2, 0) is 10.8 Å². The Bertz CT molecular complexity index is 4000. The van der Waals surface area contributed by atoms with Crippen molar-refractivity contribution in [3.63, 3.8) is 0 Å². The first-order valence-electron chi connectivity index (χ1n) is 26.1. The van der Waals surface area contributed by atoms with Crippen LogP contribution < -0.4 is 9.80 Å².